The van der Waals surface area contributed by atoms with Crippen molar-refractivity contribution in [2.45, 2.75) is 19.9 Å². The first-order chi connectivity index (χ1) is 12.5. The molecule has 1 N–H and O–H groups in total. The van der Waals surface area contributed by atoms with Crippen LogP contribution in [0.1, 0.15) is 12.5 Å². The summed E-state index contributed by atoms with van der Waals surface area (Å²) in [6.07, 6.45) is 0.984. The minimum atomic E-state index is -3.80. The second-order valence-corrected chi connectivity index (χ2v) is 8.23. The summed E-state index contributed by atoms with van der Waals surface area (Å²) in [5.41, 5.74) is 1.01. The average molecular weight is 412 g/mol. The van der Waals surface area contributed by atoms with E-state index in [0.717, 1.165) is 16.1 Å². The highest BCUT2D eigenvalue weighted by atomic mass is 35.5. The van der Waals surface area contributed by atoms with Gasteiger partial charge in [-0.2, -0.15) is 0 Å². The van der Waals surface area contributed by atoms with Gasteiger partial charge < -0.3 is 5.32 Å². The Morgan fingerprint density at radius 3 is 2.48 bits per heavy atom. The summed E-state index contributed by atoms with van der Waals surface area (Å²) in [6.45, 7) is 3.19. The van der Waals surface area contributed by atoms with Crippen LogP contribution in [0.2, 0.25) is 5.02 Å². The quantitative estimate of drug-likeness (QED) is 0.579. The smallest absolute Gasteiger partial charge is 0.271 e. The zero-order chi connectivity index (χ0) is 20.4. The van der Waals surface area contributed by atoms with Crippen molar-refractivity contribution in [1.82, 2.24) is 0 Å². The van der Waals surface area contributed by atoms with Gasteiger partial charge in [-0.05, 0) is 37.6 Å². The van der Waals surface area contributed by atoms with Gasteiger partial charge in [0.05, 0.1) is 16.9 Å². The molecule has 10 heteroatoms. The van der Waals surface area contributed by atoms with Crippen molar-refractivity contribution in [1.29, 1.82) is 0 Å². The topological polar surface area (TPSA) is 110 Å². The normalized spacial score (nSPS) is 12.3. The number of hydrogen-bond acceptors (Lipinski definition) is 5. The number of rotatable bonds is 6. The Bertz CT molecular complexity index is 994. The maximum atomic E-state index is 12.6. The molecule has 1 amide bonds. The molecule has 144 valence electrons. The fraction of sp³-hybridized carbons (Fsp3) is 0.235. The molecule has 0 aliphatic carbocycles. The van der Waals surface area contributed by atoms with Crippen LogP contribution in [-0.4, -0.2) is 31.5 Å². The number of nitrogens with one attached hydrogen (secondary N) is 1. The van der Waals surface area contributed by atoms with Crippen molar-refractivity contribution in [3.63, 3.8) is 0 Å². The van der Waals surface area contributed by atoms with Gasteiger partial charge >= 0.3 is 0 Å². The molecular formula is C17H18ClN3O5S. The third-order valence-corrected chi connectivity index (χ3v) is 5.47. The van der Waals surface area contributed by atoms with Gasteiger partial charge in [-0.25, -0.2) is 8.42 Å². The van der Waals surface area contributed by atoms with Crippen molar-refractivity contribution in [2.24, 2.45) is 0 Å². The van der Waals surface area contributed by atoms with Crippen LogP contribution in [0.15, 0.2) is 42.5 Å². The standard InChI is InChI=1S/C17H18ClN3O5S/c1-11-7-8-14(10-16(11)18)20(27(3,25)26)12(2)17(22)19-13-5-4-6-15(9-13)21(23)24/h4-10,12H,1-3H3,(H,19,22). The lowest BCUT2D eigenvalue weighted by Gasteiger charge is -2.28. The summed E-state index contributed by atoms with van der Waals surface area (Å²) in [7, 11) is -3.80. The molecule has 0 saturated heterocycles. The molecule has 0 aromatic heterocycles. The lowest BCUT2D eigenvalue weighted by Crippen LogP contribution is -2.45. The molecule has 0 heterocycles. The number of sulfonamides is 1. The highest BCUT2D eigenvalue weighted by Crippen LogP contribution is 2.27. The van der Waals surface area contributed by atoms with Gasteiger partial charge in [0.2, 0.25) is 15.9 Å². The van der Waals surface area contributed by atoms with Gasteiger partial charge in [-0.1, -0.05) is 23.7 Å². The summed E-state index contributed by atoms with van der Waals surface area (Å²) in [5, 5.41) is 13.7. The van der Waals surface area contributed by atoms with Gasteiger partial charge in [0.15, 0.2) is 0 Å². The van der Waals surface area contributed by atoms with E-state index in [1.54, 1.807) is 19.1 Å². The van der Waals surface area contributed by atoms with Gasteiger partial charge in [0.25, 0.3) is 5.69 Å². The Morgan fingerprint density at radius 1 is 1.26 bits per heavy atom. The van der Waals surface area contributed by atoms with Crippen LogP contribution in [0.25, 0.3) is 0 Å². The molecule has 2 rings (SSSR count). The lowest BCUT2D eigenvalue weighted by atomic mass is 10.2. The summed E-state index contributed by atoms with van der Waals surface area (Å²) < 4.78 is 25.5. The minimum Gasteiger partial charge on any atom is -0.324 e. The molecule has 0 aliphatic rings. The van der Waals surface area contributed by atoms with Crippen molar-refractivity contribution >= 4 is 44.6 Å². The van der Waals surface area contributed by atoms with E-state index >= 15 is 0 Å². The number of aryl methyl sites for hydroxylation is 1. The number of nitrogens with zero attached hydrogens (tertiary/aromatic N) is 2. The predicted octanol–water partition coefficient (Wildman–Crippen LogP) is 3.35. The largest absolute Gasteiger partial charge is 0.324 e. The average Bonchev–Trinajstić information content (AvgIpc) is 2.57. The Morgan fingerprint density at radius 2 is 1.93 bits per heavy atom. The van der Waals surface area contributed by atoms with E-state index in [9.17, 15) is 23.3 Å². The van der Waals surface area contributed by atoms with Crippen LogP contribution < -0.4 is 9.62 Å². The number of carbonyl (C=O) groups is 1. The van der Waals surface area contributed by atoms with E-state index in [0.29, 0.717) is 5.02 Å². The van der Waals surface area contributed by atoms with Crippen LogP contribution in [0, 0.1) is 17.0 Å². The lowest BCUT2D eigenvalue weighted by molar-refractivity contribution is -0.384. The van der Waals surface area contributed by atoms with E-state index in [2.05, 4.69) is 5.32 Å². The monoisotopic (exact) mass is 411 g/mol. The highest BCUT2D eigenvalue weighted by molar-refractivity contribution is 7.92. The molecule has 0 bridgehead atoms. The second-order valence-electron chi connectivity index (χ2n) is 5.96. The fourth-order valence-corrected chi connectivity index (χ4v) is 3.81. The zero-order valence-electron chi connectivity index (χ0n) is 14.8. The number of hydrogen-bond donors (Lipinski definition) is 1. The maximum Gasteiger partial charge on any atom is 0.271 e. The zero-order valence-corrected chi connectivity index (χ0v) is 16.4. The fourth-order valence-electron chi connectivity index (χ4n) is 2.47. The summed E-state index contributed by atoms with van der Waals surface area (Å²) in [4.78, 5) is 22.8. The number of nitro benzene ring substituents is 1. The van der Waals surface area contributed by atoms with Gasteiger partial charge in [-0.3, -0.25) is 19.2 Å². The molecular weight excluding hydrogens is 394 g/mol. The van der Waals surface area contributed by atoms with Crippen LogP contribution >= 0.6 is 11.6 Å². The molecule has 0 radical (unpaired) electrons. The second kappa shape index (κ2) is 7.93. The van der Waals surface area contributed by atoms with Gasteiger partial charge in [-0.15, -0.1) is 0 Å². The predicted molar refractivity (Wildman–Crippen MR) is 105 cm³/mol. The summed E-state index contributed by atoms with van der Waals surface area (Å²) in [6, 6.07) is 8.94. The molecule has 8 nitrogen and oxygen atoms in total. The highest BCUT2D eigenvalue weighted by Gasteiger charge is 2.29. The van der Waals surface area contributed by atoms with E-state index in [1.165, 1.54) is 37.3 Å². The third-order valence-electron chi connectivity index (χ3n) is 3.82. The van der Waals surface area contributed by atoms with Gasteiger partial charge in [0, 0.05) is 22.8 Å². The molecule has 0 fully saturated rings. The number of anilines is 2. The Labute approximate surface area is 162 Å². The Kier molecular flexibility index (Phi) is 6.07. The summed E-state index contributed by atoms with van der Waals surface area (Å²) >= 11 is 6.08. The van der Waals surface area contributed by atoms with Crippen molar-refractivity contribution in [3.05, 3.63) is 63.2 Å². The van der Waals surface area contributed by atoms with Crippen LogP contribution in [0.5, 0.6) is 0 Å². The number of nitro groups is 1. The van der Waals surface area contributed by atoms with E-state index < -0.39 is 26.9 Å². The molecule has 0 aliphatic heterocycles. The first-order valence-electron chi connectivity index (χ1n) is 7.81. The number of halogens is 1. The van der Waals surface area contributed by atoms with Crippen molar-refractivity contribution in [2.75, 3.05) is 15.9 Å². The molecule has 2 aromatic rings. The molecule has 1 unspecified atom stereocenters. The van der Waals surface area contributed by atoms with Crippen molar-refractivity contribution < 1.29 is 18.1 Å². The van der Waals surface area contributed by atoms with E-state index in [-0.39, 0.29) is 17.1 Å². The van der Waals surface area contributed by atoms with Crippen LogP contribution in [0.3, 0.4) is 0 Å². The third kappa shape index (κ3) is 4.95. The van der Waals surface area contributed by atoms with Crippen LogP contribution in [0.4, 0.5) is 17.1 Å². The molecule has 1 atom stereocenters. The SMILES string of the molecule is Cc1ccc(N(C(C)C(=O)Nc2cccc([N+](=O)[O-])c2)S(C)(=O)=O)cc1Cl. The maximum absolute atomic E-state index is 12.6. The van der Waals surface area contributed by atoms with E-state index in [4.69, 9.17) is 11.6 Å². The Balaban J connectivity index is 2.33. The minimum absolute atomic E-state index is 0.189. The molecule has 27 heavy (non-hydrogen) atoms. The van der Waals surface area contributed by atoms with E-state index in [1.807, 2.05) is 0 Å². The molecule has 0 spiro atoms. The first-order valence-corrected chi connectivity index (χ1v) is 10.0. The number of benzene rings is 2. The Hall–Kier alpha value is -2.65. The molecule has 2 aromatic carbocycles. The van der Waals surface area contributed by atoms with Gasteiger partial charge in [0.1, 0.15) is 6.04 Å². The van der Waals surface area contributed by atoms with Crippen molar-refractivity contribution in [3.8, 4) is 0 Å². The number of non-ortho nitro benzene ring substituents is 1. The number of amides is 1. The summed E-state index contributed by atoms with van der Waals surface area (Å²) in [5.74, 6) is -0.641. The first kappa shape index (κ1) is 20.7. The molecule has 0 saturated carbocycles. The van der Waals surface area contributed by atoms with Crippen LogP contribution in [-0.2, 0) is 14.8 Å². The number of carbonyl (C=O) groups excluding carboxylic acids is 1.